The number of thioether (sulfide) groups is 1. The minimum absolute atomic E-state index is 0.0429. The maximum absolute atomic E-state index is 10.3. The van der Waals surface area contributed by atoms with Gasteiger partial charge in [0, 0.05) is 18.2 Å². The van der Waals surface area contributed by atoms with Crippen molar-refractivity contribution >= 4 is 18.0 Å². The van der Waals surface area contributed by atoms with Gasteiger partial charge in [-0.15, -0.1) is 11.8 Å². The summed E-state index contributed by atoms with van der Waals surface area (Å²) in [6, 6.07) is 2.10. The molecule has 11 heavy (non-hydrogen) atoms. The van der Waals surface area contributed by atoms with Crippen LogP contribution in [0, 0.1) is 11.3 Å². The highest BCUT2D eigenvalue weighted by Crippen LogP contribution is 2.24. The first kappa shape index (κ1) is 8.57. The highest BCUT2D eigenvalue weighted by Gasteiger charge is 2.23. The van der Waals surface area contributed by atoms with Gasteiger partial charge in [-0.2, -0.15) is 5.26 Å². The van der Waals surface area contributed by atoms with Crippen molar-refractivity contribution in [1.82, 2.24) is 5.32 Å². The van der Waals surface area contributed by atoms with Crippen molar-refractivity contribution in [3.05, 3.63) is 0 Å². The molecule has 0 spiro atoms. The van der Waals surface area contributed by atoms with Gasteiger partial charge in [-0.05, 0) is 6.42 Å². The summed E-state index contributed by atoms with van der Waals surface area (Å²) in [6.07, 6.45) is 2.39. The topological polar surface area (TPSA) is 52.9 Å². The van der Waals surface area contributed by atoms with Gasteiger partial charge in [-0.25, -0.2) is 0 Å². The Labute approximate surface area is 70.2 Å². The minimum atomic E-state index is -0.0429. The number of aldehydes is 1. The molecule has 0 aromatic rings. The van der Waals surface area contributed by atoms with Crippen LogP contribution in [0.3, 0.4) is 0 Å². The third-order valence-electron chi connectivity index (χ3n) is 1.59. The Bertz CT molecular complexity index is 178. The lowest BCUT2D eigenvalue weighted by Gasteiger charge is -2.02. The molecule has 1 aliphatic heterocycles. The first-order valence-corrected chi connectivity index (χ1v) is 4.52. The third-order valence-corrected chi connectivity index (χ3v) is 2.95. The lowest BCUT2D eigenvalue weighted by Crippen LogP contribution is -2.21. The van der Waals surface area contributed by atoms with E-state index < -0.39 is 0 Å². The fourth-order valence-corrected chi connectivity index (χ4v) is 2.14. The van der Waals surface area contributed by atoms with Gasteiger partial charge in [0.25, 0.3) is 0 Å². The quantitative estimate of drug-likeness (QED) is 0.627. The summed E-state index contributed by atoms with van der Waals surface area (Å²) in [6.45, 7) is 0.857. The van der Waals surface area contributed by atoms with Crippen molar-refractivity contribution < 1.29 is 4.79 Å². The zero-order valence-electron chi connectivity index (χ0n) is 6.12. The maximum atomic E-state index is 10.3. The Hall–Kier alpha value is -0.530. The van der Waals surface area contributed by atoms with Gasteiger partial charge in [0.15, 0.2) is 0 Å². The van der Waals surface area contributed by atoms with Crippen molar-refractivity contribution in [1.29, 1.82) is 5.26 Å². The Morgan fingerprint density at radius 3 is 3.18 bits per heavy atom. The van der Waals surface area contributed by atoms with E-state index in [9.17, 15) is 4.79 Å². The maximum Gasteiger partial charge on any atom is 0.147 e. The van der Waals surface area contributed by atoms with Crippen LogP contribution in [-0.2, 0) is 4.79 Å². The molecule has 2 atom stereocenters. The molecule has 0 radical (unpaired) electrons. The minimum Gasteiger partial charge on any atom is -0.301 e. The number of hydrogen-bond donors (Lipinski definition) is 1. The molecule has 0 saturated carbocycles. The molecule has 1 rings (SSSR count). The van der Waals surface area contributed by atoms with Gasteiger partial charge in [0.1, 0.15) is 11.7 Å². The highest BCUT2D eigenvalue weighted by atomic mass is 32.2. The molecule has 0 aromatic carbocycles. The first-order chi connectivity index (χ1) is 5.36. The second-order valence-electron chi connectivity index (χ2n) is 2.42. The van der Waals surface area contributed by atoms with Gasteiger partial charge in [-0.1, -0.05) is 0 Å². The first-order valence-electron chi connectivity index (χ1n) is 3.58. The lowest BCUT2D eigenvalue weighted by molar-refractivity contribution is -0.107. The van der Waals surface area contributed by atoms with Crippen LogP contribution in [0.15, 0.2) is 0 Å². The van der Waals surface area contributed by atoms with Crippen molar-refractivity contribution in [2.24, 2.45) is 0 Å². The molecule has 4 heteroatoms. The number of hydrogen-bond acceptors (Lipinski definition) is 4. The number of carbonyl (C=O) groups is 1. The summed E-state index contributed by atoms with van der Waals surface area (Å²) in [7, 11) is 0. The third kappa shape index (κ3) is 2.52. The molecule has 0 amide bonds. The van der Waals surface area contributed by atoms with E-state index in [1.807, 2.05) is 0 Å². The van der Waals surface area contributed by atoms with Crippen LogP contribution >= 0.6 is 11.8 Å². The molecule has 0 aliphatic carbocycles. The summed E-state index contributed by atoms with van der Waals surface area (Å²) >= 11 is 1.62. The molecular weight excluding hydrogens is 160 g/mol. The average molecular weight is 170 g/mol. The van der Waals surface area contributed by atoms with Crippen LogP contribution in [-0.4, -0.2) is 23.5 Å². The number of rotatable bonds is 3. The molecule has 1 fully saturated rings. The number of carbonyl (C=O) groups excluding carboxylic acids is 1. The van der Waals surface area contributed by atoms with Crippen molar-refractivity contribution in [2.45, 2.75) is 23.5 Å². The molecule has 0 bridgehead atoms. The van der Waals surface area contributed by atoms with Crippen molar-refractivity contribution in [3.8, 4) is 6.07 Å². The Morgan fingerprint density at radius 1 is 1.82 bits per heavy atom. The SMILES string of the molecule is N#CCCC1CNC(C=O)S1. The molecular formula is C7H10N2OS. The summed E-state index contributed by atoms with van der Waals surface area (Å²) in [4.78, 5) is 10.3. The second kappa shape index (κ2) is 4.37. The van der Waals surface area contributed by atoms with E-state index in [1.54, 1.807) is 11.8 Å². The van der Waals surface area contributed by atoms with E-state index in [2.05, 4.69) is 11.4 Å². The largest absolute Gasteiger partial charge is 0.301 e. The van der Waals surface area contributed by atoms with E-state index in [1.165, 1.54) is 0 Å². The Kier molecular flexibility index (Phi) is 3.40. The van der Waals surface area contributed by atoms with Crippen LogP contribution in [0.1, 0.15) is 12.8 Å². The summed E-state index contributed by atoms with van der Waals surface area (Å²) in [5.74, 6) is 0. The highest BCUT2D eigenvalue weighted by molar-refractivity contribution is 8.01. The van der Waals surface area contributed by atoms with Crippen molar-refractivity contribution in [2.75, 3.05) is 6.54 Å². The van der Waals surface area contributed by atoms with Gasteiger partial charge < -0.3 is 4.79 Å². The van der Waals surface area contributed by atoms with Crippen LogP contribution in [0.5, 0.6) is 0 Å². The summed E-state index contributed by atoms with van der Waals surface area (Å²) in [5, 5.41) is 11.8. The molecule has 1 heterocycles. The van der Waals surface area contributed by atoms with E-state index in [0.29, 0.717) is 11.7 Å². The number of nitrogens with one attached hydrogen (secondary N) is 1. The van der Waals surface area contributed by atoms with Crippen LogP contribution in [0.2, 0.25) is 0 Å². The number of nitriles is 1. The molecule has 1 N–H and O–H groups in total. The molecule has 1 aliphatic rings. The predicted molar refractivity (Wildman–Crippen MR) is 44.1 cm³/mol. The second-order valence-corrected chi connectivity index (χ2v) is 3.87. The van der Waals surface area contributed by atoms with Crippen LogP contribution in [0.4, 0.5) is 0 Å². The van der Waals surface area contributed by atoms with Crippen LogP contribution < -0.4 is 5.32 Å². The van der Waals surface area contributed by atoms with Gasteiger partial charge in [0.05, 0.1) is 6.07 Å². The zero-order chi connectivity index (χ0) is 8.10. The smallest absolute Gasteiger partial charge is 0.147 e. The fraction of sp³-hybridized carbons (Fsp3) is 0.714. The van der Waals surface area contributed by atoms with E-state index in [-0.39, 0.29) is 5.37 Å². The van der Waals surface area contributed by atoms with Gasteiger partial charge in [-0.3, -0.25) is 5.32 Å². The molecule has 3 nitrogen and oxygen atoms in total. The molecule has 60 valence electrons. The van der Waals surface area contributed by atoms with Gasteiger partial charge >= 0.3 is 0 Å². The van der Waals surface area contributed by atoms with Crippen molar-refractivity contribution in [3.63, 3.8) is 0 Å². The normalized spacial score (nSPS) is 29.7. The van der Waals surface area contributed by atoms with E-state index in [4.69, 9.17) is 5.26 Å². The summed E-state index contributed by atoms with van der Waals surface area (Å²) in [5.41, 5.74) is 0. The average Bonchev–Trinajstić information content (AvgIpc) is 2.48. The lowest BCUT2D eigenvalue weighted by atomic mass is 10.2. The zero-order valence-corrected chi connectivity index (χ0v) is 6.93. The molecule has 1 saturated heterocycles. The fourth-order valence-electron chi connectivity index (χ4n) is 1.03. The van der Waals surface area contributed by atoms with Gasteiger partial charge in [0.2, 0.25) is 0 Å². The molecule has 0 aromatic heterocycles. The molecule has 2 unspecified atom stereocenters. The van der Waals surface area contributed by atoms with E-state index >= 15 is 0 Å². The predicted octanol–water partition coefficient (Wildman–Crippen LogP) is 0.520. The number of nitrogens with zero attached hydrogens (tertiary/aromatic N) is 1. The summed E-state index contributed by atoms with van der Waals surface area (Å²) < 4.78 is 0. The van der Waals surface area contributed by atoms with Crippen LogP contribution in [0.25, 0.3) is 0 Å². The standard InChI is InChI=1S/C7H10N2OS/c8-3-1-2-6-4-9-7(5-10)11-6/h5-7,9H,1-2,4H2. The Morgan fingerprint density at radius 2 is 2.64 bits per heavy atom. The Balaban J connectivity index is 2.20. The monoisotopic (exact) mass is 170 g/mol. The van der Waals surface area contributed by atoms with E-state index in [0.717, 1.165) is 19.3 Å².